The quantitative estimate of drug-likeness (QED) is 0.810. The normalized spacial score (nSPS) is 24.8. The summed E-state index contributed by atoms with van der Waals surface area (Å²) in [5.41, 5.74) is -0.218. The van der Waals surface area contributed by atoms with Crippen LogP contribution < -0.4 is 5.32 Å². The minimum Gasteiger partial charge on any atom is -0.481 e. The van der Waals surface area contributed by atoms with Crippen LogP contribution in [0.5, 0.6) is 0 Å². The summed E-state index contributed by atoms with van der Waals surface area (Å²) in [4.78, 5) is 24.8. The number of piperidine rings is 1. The van der Waals surface area contributed by atoms with E-state index in [9.17, 15) is 9.59 Å². The molecule has 1 fully saturated rings. The van der Waals surface area contributed by atoms with Crippen molar-refractivity contribution in [3.8, 4) is 0 Å². The van der Waals surface area contributed by atoms with Crippen LogP contribution in [0.3, 0.4) is 0 Å². The molecule has 0 aliphatic carbocycles. The molecule has 0 bridgehead atoms. The van der Waals surface area contributed by atoms with E-state index in [1.807, 2.05) is 27.7 Å². The van der Waals surface area contributed by atoms with Crippen molar-refractivity contribution < 1.29 is 14.7 Å². The van der Waals surface area contributed by atoms with Crippen molar-refractivity contribution in [2.45, 2.75) is 46.1 Å². The van der Waals surface area contributed by atoms with Gasteiger partial charge in [-0.15, -0.1) is 0 Å². The topological polar surface area (TPSA) is 69.6 Å². The third-order valence-corrected chi connectivity index (χ3v) is 3.84. The number of amides is 2. The molecular weight excluding hydrogens is 232 g/mol. The van der Waals surface area contributed by atoms with Crippen LogP contribution in [0.1, 0.15) is 40.5 Å². The molecule has 18 heavy (non-hydrogen) atoms. The van der Waals surface area contributed by atoms with Crippen LogP contribution in [-0.2, 0) is 4.79 Å². The van der Waals surface area contributed by atoms with Crippen molar-refractivity contribution in [2.75, 3.05) is 13.1 Å². The maximum absolute atomic E-state index is 12.1. The molecule has 5 nitrogen and oxygen atoms in total. The van der Waals surface area contributed by atoms with E-state index < -0.39 is 5.97 Å². The maximum Gasteiger partial charge on any atom is 0.317 e. The lowest BCUT2D eigenvalue weighted by molar-refractivity contribution is -0.145. The van der Waals surface area contributed by atoms with Gasteiger partial charge in [0.1, 0.15) is 0 Å². The Morgan fingerprint density at radius 1 is 1.44 bits per heavy atom. The summed E-state index contributed by atoms with van der Waals surface area (Å²) in [5, 5.41) is 12.0. The summed E-state index contributed by atoms with van der Waals surface area (Å²) in [5.74, 6) is -1.07. The van der Waals surface area contributed by atoms with E-state index in [4.69, 9.17) is 5.11 Å². The van der Waals surface area contributed by atoms with Gasteiger partial charge in [0.15, 0.2) is 0 Å². The average Bonchev–Trinajstić information content (AvgIpc) is 2.27. The smallest absolute Gasteiger partial charge is 0.317 e. The molecule has 5 heteroatoms. The third kappa shape index (κ3) is 3.62. The second kappa shape index (κ2) is 5.59. The summed E-state index contributed by atoms with van der Waals surface area (Å²) < 4.78 is 0. The maximum atomic E-state index is 12.1. The number of nitrogens with zero attached hydrogens (tertiary/aromatic N) is 1. The van der Waals surface area contributed by atoms with Gasteiger partial charge in [-0.2, -0.15) is 0 Å². The SMILES string of the molecule is CCC(C)(C)NC(=O)N1CCC(C(=O)O)C(C)C1. The van der Waals surface area contributed by atoms with Gasteiger partial charge in [-0.1, -0.05) is 13.8 Å². The number of carbonyl (C=O) groups is 2. The molecule has 2 amide bonds. The molecule has 0 spiro atoms. The van der Waals surface area contributed by atoms with Crippen molar-refractivity contribution >= 4 is 12.0 Å². The lowest BCUT2D eigenvalue weighted by Gasteiger charge is -2.37. The number of nitrogens with one attached hydrogen (secondary N) is 1. The molecule has 2 N–H and O–H groups in total. The second-order valence-electron chi connectivity index (χ2n) is 5.82. The van der Waals surface area contributed by atoms with Crippen LogP contribution in [0.15, 0.2) is 0 Å². The number of carbonyl (C=O) groups excluding carboxylic acids is 1. The van der Waals surface area contributed by atoms with Crippen LogP contribution in [0.2, 0.25) is 0 Å². The fraction of sp³-hybridized carbons (Fsp3) is 0.846. The zero-order chi connectivity index (χ0) is 13.9. The first-order valence-electron chi connectivity index (χ1n) is 6.56. The molecular formula is C13H24N2O3. The minimum atomic E-state index is -0.753. The van der Waals surface area contributed by atoms with Crippen LogP contribution in [-0.4, -0.2) is 40.6 Å². The Labute approximate surface area is 109 Å². The van der Waals surface area contributed by atoms with Gasteiger partial charge in [-0.05, 0) is 32.6 Å². The number of likely N-dealkylation sites (tertiary alicyclic amines) is 1. The van der Waals surface area contributed by atoms with Gasteiger partial charge in [-0.25, -0.2) is 4.79 Å². The molecule has 104 valence electrons. The first-order valence-corrected chi connectivity index (χ1v) is 6.56. The van der Waals surface area contributed by atoms with Gasteiger partial charge in [0.25, 0.3) is 0 Å². The van der Waals surface area contributed by atoms with Crippen molar-refractivity contribution in [1.82, 2.24) is 10.2 Å². The van der Waals surface area contributed by atoms with Gasteiger partial charge in [0.2, 0.25) is 0 Å². The third-order valence-electron chi connectivity index (χ3n) is 3.84. The van der Waals surface area contributed by atoms with E-state index in [2.05, 4.69) is 5.32 Å². The minimum absolute atomic E-state index is 0.00624. The molecule has 1 saturated heterocycles. The van der Waals surface area contributed by atoms with E-state index in [0.717, 1.165) is 6.42 Å². The van der Waals surface area contributed by atoms with Gasteiger partial charge in [0, 0.05) is 18.6 Å². The fourth-order valence-corrected chi connectivity index (χ4v) is 2.15. The average molecular weight is 256 g/mol. The molecule has 1 heterocycles. The molecule has 1 aliphatic rings. The molecule has 0 aromatic rings. The monoisotopic (exact) mass is 256 g/mol. The van der Waals surface area contributed by atoms with Crippen molar-refractivity contribution in [3.05, 3.63) is 0 Å². The summed E-state index contributed by atoms with van der Waals surface area (Å²) in [7, 11) is 0. The number of rotatable bonds is 3. The Kier molecular flexibility index (Phi) is 4.59. The van der Waals surface area contributed by atoms with Gasteiger partial charge in [0.05, 0.1) is 5.92 Å². The highest BCUT2D eigenvalue weighted by atomic mass is 16.4. The van der Waals surface area contributed by atoms with Crippen molar-refractivity contribution in [2.24, 2.45) is 11.8 Å². The zero-order valence-electron chi connectivity index (χ0n) is 11.7. The van der Waals surface area contributed by atoms with E-state index in [1.165, 1.54) is 0 Å². The standard InChI is InChI=1S/C13H24N2O3/c1-5-13(3,4)14-12(18)15-7-6-10(11(16)17)9(2)8-15/h9-10H,5-8H2,1-4H3,(H,14,18)(H,16,17). The molecule has 2 atom stereocenters. The van der Waals surface area contributed by atoms with Gasteiger partial charge >= 0.3 is 12.0 Å². The Balaban J connectivity index is 2.56. The highest BCUT2D eigenvalue weighted by molar-refractivity contribution is 5.76. The van der Waals surface area contributed by atoms with E-state index in [1.54, 1.807) is 4.90 Å². The zero-order valence-corrected chi connectivity index (χ0v) is 11.7. The Hall–Kier alpha value is -1.26. The molecule has 0 saturated carbocycles. The number of urea groups is 1. The number of carboxylic acids is 1. The molecule has 2 unspecified atom stereocenters. The first-order chi connectivity index (χ1) is 8.26. The number of hydrogen-bond donors (Lipinski definition) is 2. The Morgan fingerprint density at radius 2 is 2.06 bits per heavy atom. The summed E-state index contributed by atoms with van der Waals surface area (Å²) in [6.07, 6.45) is 1.40. The number of aliphatic carboxylic acids is 1. The van der Waals surface area contributed by atoms with Crippen LogP contribution in [0.25, 0.3) is 0 Å². The summed E-state index contributed by atoms with van der Waals surface area (Å²) in [6, 6.07) is -0.0856. The predicted molar refractivity (Wildman–Crippen MR) is 69.4 cm³/mol. The fourth-order valence-electron chi connectivity index (χ4n) is 2.15. The van der Waals surface area contributed by atoms with Gasteiger partial charge in [-0.3, -0.25) is 4.79 Å². The number of hydrogen-bond acceptors (Lipinski definition) is 2. The Bertz CT molecular complexity index is 328. The summed E-state index contributed by atoms with van der Waals surface area (Å²) >= 11 is 0. The van der Waals surface area contributed by atoms with E-state index in [-0.39, 0.29) is 23.4 Å². The predicted octanol–water partition coefficient (Wildman–Crippen LogP) is 1.93. The molecule has 1 aliphatic heterocycles. The molecule has 0 aromatic carbocycles. The molecule has 0 radical (unpaired) electrons. The lowest BCUT2D eigenvalue weighted by atomic mass is 9.87. The van der Waals surface area contributed by atoms with Gasteiger partial charge < -0.3 is 15.3 Å². The highest BCUT2D eigenvalue weighted by Crippen LogP contribution is 2.23. The lowest BCUT2D eigenvalue weighted by Crippen LogP contribution is -2.53. The second-order valence-corrected chi connectivity index (χ2v) is 5.82. The molecule has 1 rings (SSSR count). The van der Waals surface area contributed by atoms with Crippen LogP contribution in [0.4, 0.5) is 4.79 Å². The molecule has 0 aromatic heterocycles. The van der Waals surface area contributed by atoms with Crippen LogP contribution in [0, 0.1) is 11.8 Å². The van der Waals surface area contributed by atoms with E-state index >= 15 is 0 Å². The summed E-state index contributed by atoms with van der Waals surface area (Å²) in [6.45, 7) is 8.93. The Morgan fingerprint density at radius 3 is 2.50 bits per heavy atom. The van der Waals surface area contributed by atoms with E-state index in [0.29, 0.717) is 19.5 Å². The number of carboxylic acid groups (broad SMARTS) is 1. The largest absolute Gasteiger partial charge is 0.481 e. The van der Waals surface area contributed by atoms with Crippen LogP contribution >= 0.6 is 0 Å². The van der Waals surface area contributed by atoms with Crippen molar-refractivity contribution in [3.63, 3.8) is 0 Å². The van der Waals surface area contributed by atoms with Crippen molar-refractivity contribution in [1.29, 1.82) is 0 Å². The highest BCUT2D eigenvalue weighted by Gasteiger charge is 2.33. The first kappa shape index (κ1) is 14.8.